The Hall–Kier alpha value is -2.73. The molecule has 0 bridgehead atoms. The standard InChI is InChI=1S/C23H14Cl2IN3O2/c24-18-5-4-15(8-19(18)25)29-11-13-7-16-21(9-20(13)30)31-23(28)17(10-27)22(16)12-2-1-3-14(26)6-12/h1-9,11,22,30H,28H2/t22-/m0/s1. The van der Waals surface area contributed by atoms with Gasteiger partial charge in [0.25, 0.3) is 0 Å². The number of nitriles is 1. The van der Waals surface area contributed by atoms with Gasteiger partial charge in [-0.1, -0.05) is 35.3 Å². The van der Waals surface area contributed by atoms with Crippen LogP contribution in [0.2, 0.25) is 10.0 Å². The molecule has 0 aromatic heterocycles. The average molecular weight is 562 g/mol. The van der Waals surface area contributed by atoms with E-state index in [1.165, 1.54) is 12.3 Å². The van der Waals surface area contributed by atoms with Crippen molar-refractivity contribution in [1.29, 1.82) is 5.26 Å². The number of ether oxygens (including phenoxy) is 1. The summed E-state index contributed by atoms with van der Waals surface area (Å²) in [7, 11) is 0. The highest BCUT2D eigenvalue weighted by Crippen LogP contribution is 2.44. The summed E-state index contributed by atoms with van der Waals surface area (Å²) >= 11 is 14.2. The van der Waals surface area contributed by atoms with Gasteiger partial charge < -0.3 is 15.6 Å². The van der Waals surface area contributed by atoms with E-state index in [1.54, 1.807) is 24.3 Å². The number of fused-ring (bicyclic) bond motifs is 1. The molecule has 3 aromatic rings. The third kappa shape index (κ3) is 4.35. The van der Waals surface area contributed by atoms with Crippen molar-refractivity contribution in [1.82, 2.24) is 0 Å². The van der Waals surface area contributed by atoms with Crippen molar-refractivity contribution in [2.24, 2.45) is 10.7 Å². The van der Waals surface area contributed by atoms with Crippen molar-refractivity contribution >= 4 is 57.7 Å². The maximum Gasteiger partial charge on any atom is 0.205 e. The molecule has 1 heterocycles. The Morgan fingerprint density at radius 1 is 1.13 bits per heavy atom. The number of aromatic hydroxyl groups is 1. The zero-order valence-electron chi connectivity index (χ0n) is 15.8. The zero-order valence-corrected chi connectivity index (χ0v) is 19.5. The number of phenols is 1. The van der Waals surface area contributed by atoms with Gasteiger partial charge in [0.05, 0.1) is 21.7 Å². The van der Waals surface area contributed by atoms with Crippen LogP contribution in [0.4, 0.5) is 5.69 Å². The van der Waals surface area contributed by atoms with Crippen LogP contribution in [0, 0.1) is 14.9 Å². The van der Waals surface area contributed by atoms with Crippen LogP contribution in [-0.2, 0) is 0 Å². The normalized spacial score (nSPS) is 15.5. The van der Waals surface area contributed by atoms with Crippen LogP contribution in [0.15, 0.2) is 71.0 Å². The average Bonchev–Trinajstić information content (AvgIpc) is 2.74. The van der Waals surface area contributed by atoms with E-state index in [0.29, 0.717) is 38.2 Å². The van der Waals surface area contributed by atoms with E-state index in [4.69, 9.17) is 33.7 Å². The lowest BCUT2D eigenvalue weighted by Crippen LogP contribution is -2.21. The number of nitrogens with two attached hydrogens (primary N) is 1. The molecule has 154 valence electrons. The lowest BCUT2D eigenvalue weighted by Gasteiger charge is -2.27. The van der Waals surface area contributed by atoms with E-state index >= 15 is 0 Å². The molecule has 1 aliphatic heterocycles. The number of benzene rings is 3. The first-order valence-electron chi connectivity index (χ1n) is 9.06. The second-order valence-electron chi connectivity index (χ2n) is 6.79. The molecular weight excluding hydrogens is 548 g/mol. The summed E-state index contributed by atoms with van der Waals surface area (Å²) in [5, 5.41) is 21.1. The summed E-state index contributed by atoms with van der Waals surface area (Å²) in [5.41, 5.74) is 8.98. The molecule has 0 saturated heterocycles. The number of aliphatic imine (C=N–C) groups is 1. The quantitative estimate of drug-likeness (QED) is 0.291. The Morgan fingerprint density at radius 2 is 1.94 bits per heavy atom. The fourth-order valence-corrected chi connectivity index (χ4v) is 4.21. The molecule has 3 aromatic carbocycles. The van der Waals surface area contributed by atoms with Crippen LogP contribution in [0.5, 0.6) is 11.5 Å². The summed E-state index contributed by atoms with van der Waals surface area (Å²) in [6.45, 7) is 0. The number of phenolic OH excluding ortho intramolecular Hbond substituents is 1. The monoisotopic (exact) mass is 561 g/mol. The topological polar surface area (TPSA) is 91.6 Å². The number of halogens is 3. The van der Waals surface area contributed by atoms with E-state index in [2.05, 4.69) is 33.7 Å². The van der Waals surface area contributed by atoms with Crippen LogP contribution < -0.4 is 10.5 Å². The molecule has 0 aliphatic carbocycles. The number of nitrogens with zero attached hydrogens (tertiary/aromatic N) is 2. The van der Waals surface area contributed by atoms with Crippen LogP contribution in [0.3, 0.4) is 0 Å². The van der Waals surface area contributed by atoms with Gasteiger partial charge in [-0.15, -0.1) is 0 Å². The highest BCUT2D eigenvalue weighted by Gasteiger charge is 2.31. The van der Waals surface area contributed by atoms with E-state index in [-0.39, 0.29) is 11.6 Å². The molecule has 1 atom stereocenters. The zero-order chi connectivity index (χ0) is 22.1. The minimum Gasteiger partial charge on any atom is -0.507 e. The first kappa shape index (κ1) is 21.5. The second kappa shape index (κ2) is 8.79. The van der Waals surface area contributed by atoms with Crippen LogP contribution in [0.1, 0.15) is 22.6 Å². The molecule has 4 rings (SSSR count). The van der Waals surface area contributed by atoms with E-state index in [9.17, 15) is 10.4 Å². The van der Waals surface area contributed by atoms with Gasteiger partial charge in [-0.2, -0.15) is 5.26 Å². The van der Waals surface area contributed by atoms with Gasteiger partial charge in [-0.25, -0.2) is 0 Å². The smallest absolute Gasteiger partial charge is 0.205 e. The summed E-state index contributed by atoms with van der Waals surface area (Å²) < 4.78 is 6.67. The molecule has 5 nitrogen and oxygen atoms in total. The number of rotatable bonds is 3. The predicted molar refractivity (Wildman–Crippen MR) is 130 cm³/mol. The number of hydrogen-bond acceptors (Lipinski definition) is 5. The van der Waals surface area contributed by atoms with E-state index < -0.39 is 5.92 Å². The molecule has 0 amide bonds. The van der Waals surface area contributed by atoms with Gasteiger partial charge in [0.15, 0.2) is 0 Å². The fourth-order valence-electron chi connectivity index (χ4n) is 3.35. The molecule has 3 N–H and O–H groups in total. The van der Waals surface area contributed by atoms with Gasteiger partial charge in [0.2, 0.25) is 5.88 Å². The largest absolute Gasteiger partial charge is 0.507 e. The van der Waals surface area contributed by atoms with Gasteiger partial charge in [0.1, 0.15) is 23.1 Å². The molecule has 0 unspecified atom stereocenters. The highest BCUT2D eigenvalue weighted by molar-refractivity contribution is 14.1. The second-order valence-corrected chi connectivity index (χ2v) is 8.85. The van der Waals surface area contributed by atoms with E-state index in [1.807, 2.05) is 24.3 Å². The van der Waals surface area contributed by atoms with Crippen LogP contribution in [0.25, 0.3) is 0 Å². The van der Waals surface area contributed by atoms with Crippen molar-refractivity contribution in [3.05, 3.63) is 96.4 Å². The molecule has 31 heavy (non-hydrogen) atoms. The summed E-state index contributed by atoms with van der Waals surface area (Å²) in [6.07, 6.45) is 1.52. The molecular formula is C23H14Cl2IN3O2. The molecule has 0 saturated carbocycles. The van der Waals surface area contributed by atoms with Crippen molar-refractivity contribution in [2.45, 2.75) is 5.92 Å². The molecule has 0 fully saturated rings. The third-order valence-electron chi connectivity index (χ3n) is 4.80. The predicted octanol–water partition coefficient (Wildman–Crippen LogP) is 6.27. The Morgan fingerprint density at radius 3 is 2.65 bits per heavy atom. The fraction of sp³-hybridized carbons (Fsp3) is 0.0435. The molecule has 8 heteroatoms. The Kier molecular flexibility index (Phi) is 6.10. The first-order valence-corrected chi connectivity index (χ1v) is 10.9. The van der Waals surface area contributed by atoms with Crippen molar-refractivity contribution in [3.63, 3.8) is 0 Å². The first-order chi connectivity index (χ1) is 14.9. The summed E-state index contributed by atoms with van der Waals surface area (Å²) in [4.78, 5) is 4.38. The minimum atomic E-state index is -0.429. The summed E-state index contributed by atoms with van der Waals surface area (Å²) in [5.74, 6) is -0.0432. The Balaban J connectivity index is 1.82. The Bertz CT molecular complexity index is 1300. The van der Waals surface area contributed by atoms with Crippen molar-refractivity contribution < 1.29 is 9.84 Å². The van der Waals surface area contributed by atoms with Crippen molar-refractivity contribution in [3.8, 4) is 17.6 Å². The maximum absolute atomic E-state index is 10.5. The molecule has 0 spiro atoms. The van der Waals surface area contributed by atoms with Gasteiger partial charge >= 0.3 is 0 Å². The highest BCUT2D eigenvalue weighted by atomic mass is 127. The lowest BCUT2D eigenvalue weighted by molar-refractivity contribution is 0.388. The minimum absolute atomic E-state index is 0.0236. The van der Waals surface area contributed by atoms with E-state index in [0.717, 1.165) is 9.13 Å². The number of allylic oxidation sites excluding steroid dienone is 1. The third-order valence-corrected chi connectivity index (χ3v) is 6.21. The molecule has 1 aliphatic rings. The van der Waals surface area contributed by atoms with Gasteiger partial charge in [0, 0.05) is 27.0 Å². The Labute approximate surface area is 202 Å². The number of hydrogen-bond donors (Lipinski definition) is 2. The molecule has 0 radical (unpaired) electrons. The SMILES string of the molecule is N#CC1=C(N)Oc2cc(O)c(C=Nc3ccc(Cl)c(Cl)c3)cc2[C@@H]1c1cccc(I)c1. The van der Waals surface area contributed by atoms with Crippen LogP contribution in [-0.4, -0.2) is 11.3 Å². The summed E-state index contributed by atoms with van der Waals surface area (Å²) in [6, 6.07) is 18.2. The van der Waals surface area contributed by atoms with Crippen LogP contribution >= 0.6 is 45.8 Å². The lowest BCUT2D eigenvalue weighted by atomic mass is 9.83. The van der Waals surface area contributed by atoms with Gasteiger partial charge in [-0.05, 0) is 64.6 Å². The van der Waals surface area contributed by atoms with Crippen molar-refractivity contribution in [2.75, 3.05) is 0 Å². The van der Waals surface area contributed by atoms with Gasteiger partial charge in [-0.3, -0.25) is 4.99 Å². The maximum atomic E-state index is 10.5.